The molecule has 0 fully saturated rings. The molecule has 2 aromatic heterocycles. The fourth-order valence-electron chi connectivity index (χ4n) is 5.30. The van der Waals surface area contributed by atoms with Gasteiger partial charge >= 0.3 is 5.97 Å². The van der Waals surface area contributed by atoms with Gasteiger partial charge in [0, 0.05) is 39.7 Å². The third kappa shape index (κ3) is 5.65. The first-order valence-corrected chi connectivity index (χ1v) is 14.2. The minimum Gasteiger partial charge on any atom is -0.462 e. The van der Waals surface area contributed by atoms with Gasteiger partial charge in [-0.15, -0.1) is 0 Å². The minimum absolute atomic E-state index is 0.310. The smallest absolute Gasteiger partial charge is 0.338 e. The van der Waals surface area contributed by atoms with Crippen molar-refractivity contribution >= 4 is 39.9 Å². The van der Waals surface area contributed by atoms with Gasteiger partial charge in [-0.3, -0.25) is 4.79 Å². The van der Waals surface area contributed by atoms with Crippen molar-refractivity contribution in [2.75, 3.05) is 6.61 Å². The molecule has 0 unspecified atom stereocenters. The van der Waals surface area contributed by atoms with Crippen molar-refractivity contribution in [2.24, 2.45) is 5.10 Å². The second-order valence-electron chi connectivity index (χ2n) is 10.2. The lowest BCUT2D eigenvalue weighted by Crippen LogP contribution is -2.18. The number of carbonyl (C=O) groups is 2. The number of carbonyl (C=O) groups excluding carboxylic acids is 2. The summed E-state index contributed by atoms with van der Waals surface area (Å²) in [6.45, 7) is 4.79. The highest BCUT2D eigenvalue weighted by Gasteiger charge is 2.16. The maximum Gasteiger partial charge on any atom is 0.338 e. The molecule has 0 saturated heterocycles. The van der Waals surface area contributed by atoms with Crippen LogP contribution in [0.1, 0.15) is 44.5 Å². The van der Waals surface area contributed by atoms with E-state index in [-0.39, 0.29) is 11.9 Å². The van der Waals surface area contributed by atoms with E-state index < -0.39 is 0 Å². The monoisotopic (exact) mass is 566 g/mol. The number of benzene rings is 4. The van der Waals surface area contributed by atoms with E-state index >= 15 is 0 Å². The number of para-hydroxylation sites is 2. The van der Waals surface area contributed by atoms with E-state index in [9.17, 15) is 9.59 Å². The number of ether oxygens (including phenoxy) is 1. The molecular formula is C36H30N4O3. The Bertz CT molecular complexity index is 1980. The molecule has 6 rings (SSSR count). The number of hydrogen-bond acceptors (Lipinski definition) is 5. The second kappa shape index (κ2) is 12.1. The Kier molecular flexibility index (Phi) is 7.78. The Balaban J connectivity index is 1.28. The van der Waals surface area contributed by atoms with Crippen LogP contribution in [0.2, 0.25) is 0 Å². The number of pyridine rings is 1. The Morgan fingerprint density at radius 3 is 2.35 bits per heavy atom. The lowest BCUT2D eigenvalue weighted by Gasteiger charge is -2.10. The molecule has 212 valence electrons. The van der Waals surface area contributed by atoms with Crippen molar-refractivity contribution in [1.82, 2.24) is 15.0 Å². The molecule has 0 spiro atoms. The van der Waals surface area contributed by atoms with Crippen molar-refractivity contribution < 1.29 is 14.3 Å². The molecule has 0 bridgehead atoms. The molecule has 7 heteroatoms. The van der Waals surface area contributed by atoms with Crippen molar-refractivity contribution in [2.45, 2.75) is 20.4 Å². The van der Waals surface area contributed by atoms with Gasteiger partial charge in [0.2, 0.25) is 0 Å². The summed E-state index contributed by atoms with van der Waals surface area (Å²) in [6, 6.07) is 34.8. The van der Waals surface area contributed by atoms with Gasteiger partial charge in [-0.25, -0.2) is 15.2 Å². The zero-order valence-electron chi connectivity index (χ0n) is 24.0. The summed E-state index contributed by atoms with van der Waals surface area (Å²) in [5, 5.41) is 6.19. The molecule has 1 N–H and O–H groups in total. The quantitative estimate of drug-likeness (QED) is 0.120. The number of esters is 1. The van der Waals surface area contributed by atoms with Gasteiger partial charge < -0.3 is 9.30 Å². The molecule has 1 amide bonds. The molecule has 0 aliphatic rings. The van der Waals surface area contributed by atoms with Crippen LogP contribution in [-0.4, -0.2) is 34.2 Å². The molecular weight excluding hydrogens is 536 g/mol. The number of hydrogen-bond donors (Lipinski definition) is 1. The first-order valence-electron chi connectivity index (χ1n) is 14.2. The highest BCUT2D eigenvalue weighted by Crippen LogP contribution is 2.27. The van der Waals surface area contributed by atoms with E-state index in [4.69, 9.17) is 9.72 Å². The van der Waals surface area contributed by atoms with Crippen molar-refractivity contribution in [3.05, 3.63) is 137 Å². The number of hydrazone groups is 1. The van der Waals surface area contributed by atoms with Crippen molar-refractivity contribution in [3.63, 3.8) is 0 Å². The topological polar surface area (TPSA) is 85.6 Å². The molecule has 0 aliphatic heterocycles. The number of aromatic nitrogens is 2. The largest absolute Gasteiger partial charge is 0.462 e. The molecule has 0 radical (unpaired) electrons. The zero-order chi connectivity index (χ0) is 29.8. The van der Waals surface area contributed by atoms with Gasteiger partial charge in [0.25, 0.3) is 5.91 Å². The first-order chi connectivity index (χ1) is 21.0. The van der Waals surface area contributed by atoms with Gasteiger partial charge in [-0.2, -0.15) is 5.10 Å². The van der Waals surface area contributed by atoms with E-state index in [0.29, 0.717) is 24.3 Å². The number of nitrogens with zero attached hydrogens (tertiary/aromatic N) is 3. The number of nitrogens with one attached hydrogen (secondary N) is 1. The van der Waals surface area contributed by atoms with E-state index in [1.165, 1.54) is 0 Å². The van der Waals surface area contributed by atoms with Crippen LogP contribution in [0.4, 0.5) is 0 Å². The summed E-state index contributed by atoms with van der Waals surface area (Å²) in [5.41, 5.74) is 10.2. The van der Waals surface area contributed by atoms with Crippen LogP contribution in [0, 0.1) is 6.92 Å². The standard InChI is InChI=1S/C36H30N4O3/c1-3-43-36(42)27-19-17-25(18-20-27)23-40-24(2)31(29-14-8-10-16-34(29)40)22-37-39-35(41)30-21-33(26-11-5-4-6-12-26)38-32-15-9-7-13-28(30)32/h4-22H,3,23H2,1-2H3,(H,39,41)/b37-22-. The SMILES string of the molecule is CCOC(=O)c1ccc(Cn2c(C)c(/C=N\NC(=O)c3cc(-c4ccccc4)nc4ccccc34)c3ccccc32)cc1. The maximum atomic E-state index is 13.5. The highest BCUT2D eigenvalue weighted by atomic mass is 16.5. The molecule has 2 heterocycles. The lowest BCUT2D eigenvalue weighted by molar-refractivity contribution is 0.0526. The second-order valence-corrected chi connectivity index (χ2v) is 10.2. The normalized spacial score (nSPS) is 11.3. The maximum absolute atomic E-state index is 13.5. The molecule has 6 aromatic rings. The van der Waals surface area contributed by atoms with Crippen LogP contribution >= 0.6 is 0 Å². The van der Waals surface area contributed by atoms with Gasteiger partial charge in [-0.1, -0.05) is 78.9 Å². The van der Waals surface area contributed by atoms with Crippen molar-refractivity contribution in [3.8, 4) is 11.3 Å². The predicted molar refractivity (Wildman–Crippen MR) is 170 cm³/mol. The summed E-state index contributed by atoms with van der Waals surface area (Å²) >= 11 is 0. The third-order valence-corrected chi connectivity index (χ3v) is 7.48. The summed E-state index contributed by atoms with van der Waals surface area (Å²) in [5.74, 6) is -0.636. The average molecular weight is 567 g/mol. The van der Waals surface area contributed by atoms with Crippen LogP contribution in [0.5, 0.6) is 0 Å². The fourth-order valence-corrected chi connectivity index (χ4v) is 5.30. The van der Waals surface area contributed by atoms with Crippen LogP contribution in [-0.2, 0) is 11.3 Å². The number of rotatable bonds is 8. The van der Waals surface area contributed by atoms with Crippen LogP contribution in [0.3, 0.4) is 0 Å². The van der Waals surface area contributed by atoms with Crippen LogP contribution in [0.15, 0.2) is 114 Å². The summed E-state index contributed by atoms with van der Waals surface area (Å²) < 4.78 is 7.31. The summed E-state index contributed by atoms with van der Waals surface area (Å²) in [4.78, 5) is 30.3. The number of amides is 1. The molecule has 7 nitrogen and oxygen atoms in total. The van der Waals surface area contributed by atoms with E-state index in [2.05, 4.69) is 21.2 Å². The molecule has 0 atom stereocenters. The van der Waals surface area contributed by atoms with Crippen molar-refractivity contribution in [1.29, 1.82) is 0 Å². The Hall–Kier alpha value is -5.56. The average Bonchev–Trinajstić information content (AvgIpc) is 3.31. The Morgan fingerprint density at radius 1 is 0.884 bits per heavy atom. The van der Waals surface area contributed by atoms with Gasteiger partial charge in [0.05, 0.1) is 35.2 Å². The minimum atomic E-state index is -0.326. The zero-order valence-corrected chi connectivity index (χ0v) is 24.0. The van der Waals surface area contributed by atoms with Gasteiger partial charge in [0.15, 0.2) is 0 Å². The van der Waals surface area contributed by atoms with Gasteiger partial charge in [-0.05, 0) is 49.7 Å². The van der Waals surface area contributed by atoms with Crippen LogP contribution < -0.4 is 5.43 Å². The van der Waals surface area contributed by atoms with E-state index in [1.54, 1.807) is 25.3 Å². The molecule has 4 aromatic carbocycles. The highest BCUT2D eigenvalue weighted by molar-refractivity contribution is 6.08. The number of fused-ring (bicyclic) bond motifs is 2. The van der Waals surface area contributed by atoms with Crippen LogP contribution in [0.25, 0.3) is 33.1 Å². The first kappa shape index (κ1) is 27.6. The lowest BCUT2D eigenvalue weighted by atomic mass is 10.0. The summed E-state index contributed by atoms with van der Waals surface area (Å²) in [7, 11) is 0. The molecule has 43 heavy (non-hydrogen) atoms. The van der Waals surface area contributed by atoms with Gasteiger partial charge in [0.1, 0.15) is 0 Å². The summed E-state index contributed by atoms with van der Waals surface area (Å²) in [6.07, 6.45) is 1.71. The predicted octanol–water partition coefficient (Wildman–Crippen LogP) is 7.15. The fraction of sp³-hybridized carbons (Fsp3) is 0.111. The van der Waals surface area contributed by atoms with E-state index in [1.807, 2.05) is 97.9 Å². The Morgan fingerprint density at radius 2 is 1.58 bits per heavy atom. The van der Waals surface area contributed by atoms with E-state index in [0.717, 1.165) is 49.9 Å². The third-order valence-electron chi connectivity index (χ3n) is 7.48. The molecule has 0 aliphatic carbocycles. The molecule has 0 saturated carbocycles. The Labute approximate surface area is 249 Å².